The predicted molar refractivity (Wildman–Crippen MR) is 72.9 cm³/mol. The number of hydrogen-bond acceptors (Lipinski definition) is 6. The molecular weight excluding hydrogens is 288 g/mol. The number of sulfone groups is 1. The molecule has 0 fully saturated rings. The van der Waals surface area contributed by atoms with Crippen molar-refractivity contribution < 1.29 is 23.2 Å². The minimum absolute atomic E-state index is 0.0185. The Morgan fingerprint density at radius 1 is 1.45 bits per heavy atom. The van der Waals surface area contributed by atoms with Crippen LogP contribution in [-0.2, 0) is 9.84 Å². The van der Waals surface area contributed by atoms with Crippen LogP contribution in [-0.4, -0.2) is 43.0 Å². The number of rotatable bonds is 7. The molecule has 20 heavy (non-hydrogen) atoms. The highest BCUT2D eigenvalue weighted by atomic mass is 32.2. The molecule has 1 aromatic carbocycles. The minimum atomic E-state index is -3.07. The van der Waals surface area contributed by atoms with Crippen LogP contribution in [0.4, 0.5) is 11.4 Å². The highest BCUT2D eigenvalue weighted by Gasteiger charge is 2.15. The molecule has 0 saturated heterocycles. The van der Waals surface area contributed by atoms with Gasteiger partial charge in [0.2, 0.25) is 0 Å². The summed E-state index contributed by atoms with van der Waals surface area (Å²) in [6.07, 6.45) is 1.43. The van der Waals surface area contributed by atoms with Gasteiger partial charge in [-0.3, -0.25) is 10.1 Å². The van der Waals surface area contributed by atoms with E-state index in [2.05, 4.69) is 5.32 Å². The first-order valence-electron chi connectivity index (χ1n) is 5.64. The fourth-order valence-electron chi connectivity index (χ4n) is 1.53. The zero-order valence-corrected chi connectivity index (χ0v) is 11.5. The molecule has 0 unspecified atom stereocenters. The summed E-state index contributed by atoms with van der Waals surface area (Å²) >= 11 is 0. The van der Waals surface area contributed by atoms with Crippen LogP contribution < -0.4 is 5.32 Å². The molecule has 8 nitrogen and oxygen atoms in total. The third-order valence-electron chi connectivity index (χ3n) is 2.45. The highest BCUT2D eigenvalue weighted by Crippen LogP contribution is 2.22. The van der Waals surface area contributed by atoms with Gasteiger partial charge in [-0.05, 0) is 12.5 Å². The molecule has 0 radical (unpaired) electrons. The second-order valence-corrected chi connectivity index (χ2v) is 6.46. The summed E-state index contributed by atoms with van der Waals surface area (Å²) in [6, 6.07) is 3.44. The Hall–Kier alpha value is -2.16. The molecule has 1 rings (SSSR count). The van der Waals surface area contributed by atoms with Gasteiger partial charge in [-0.1, -0.05) is 0 Å². The van der Waals surface area contributed by atoms with E-state index in [4.69, 9.17) is 5.11 Å². The van der Waals surface area contributed by atoms with Crippen molar-refractivity contribution in [3.8, 4) is 0 Å². The molecule has 9 heteroatoms. The van der Waals surface area contributed by atoms with E-state index in [1.54, 1.807) is 0 Å². The normalized spacial score (nSPS) is 11.1. The van der Waals surface area contributed by atoms with Crippen LogP contribution in [0, 0.1) is 10.1 Å². The average Bonchev–Trinajstić information content (AvgIpc) is 2.33. The Balaban J connectivity index is 2.79. The monoisotopic (exact) mass is 302 g/mol. The highest BCUT2D eigenvalue weighted by molar-refractivity contribution is 7.90. The number of nitrogens with zero attached hydrogens (tertiary/aromatic N) is 1. The lowest BCUT2D eigenvalue weighted by atomic mass is 10.1. The Morgan fingerprint density at radius 2 is 2.10 bits per heavy atom. The zero-order valence-electron chi connectivity index (χ0n) is 10.7. The molecule has 110 valence electrons. The van der Waals surface area contributed by atoms with Gasteiger partial charge >= 0.3 is 5.97 Å². The van der Waals surface area contributed by atoms with Crippen LogP contribution in [0.25, 0.3) is 0 Å². The molecule has 0 saturated carbocycles. The van der Waals surface area contributed by atoms with Crippen molar-refractivity contribution in [2.24, 2.45) is 0 Å². The number of hydrogen-bond donors (Lipinski definition) is 2. The van der Waals surface area contributed by atoms with Gasteiger partial charge in [0.25, 0.3) is 5.69 Å². The van der Waals surface area contributed by atoms with Crippen molar-refractivity contribution in [3.63, 3.8) is 0 Å². The van der Waals surface area contributed by atoms with Gasteiger partial charge in [0.05, 0.1) is 16.2 Å². The van der Waals surface area contributed by atoms with Crippen LogP contribution in [0.2, 0.25) is 0 Å². The number of benzene rings is 1. The number of nitro benzene ring substituents is 1. The van der Waals surface area contributed by atoms with E-state index < -0.39 is 20.7 Å². The fraction of sp³-hybridized carbons (Fsp3) is 0.364. The van der Waals surface area contributed by atoms with E-state index in [0.717, 1.165) is 12.3 Å². The summed E-state index contributed by atoms with van der Waals surface area (Å²) in [5, 5.41) is 22.3. The Labute approximate surface area is 115 Å². The maximum atomic E-state index is 11.0. The number of nitro groups is 1. The van der Waals surface area contributed by atoms with Crippen LogP contribution in [0.5, 0.6) is 0 Å². The molecule has 0 aliphatic rings. The first-order valence-corrected chi connectivity index (χ1v) is 7.70. The van der Waals surface area contributed by atoms with Crippen molar-refractivity contribution in [2.75, 3.05) is 23.9 Å². The summed E-state index contributed by atoms with van der Waals surface area (Å²) in [5.41, 5.74) is -0.320. The smallest absolute Gasteiger partial charge is 0.338 e. The lowest BCUT2D eigenvalue weighted by molar-refractivity contribution is -0.384. The number of nitrogens with one attached hydrogen (secondary N) is 1. The molecular formula is C11H14N2O6S. The van der Waals surface area contributed by atoms with Crippen molar-refractivity contribution in [2.45, 2.75) is 6.42 Å². The van der Waals surface area contributed by atoms with Crippen molar-refractivity contribution in [3.05, 3.63) is 33.9 Å². The Morgan fingerprint density at radius 3 is 2.60 bits per heavy atom. The molecule has 0 heterocycles. The second-order valence-electron chi connectivity index (χ2n) is 4.20. The lowest BCUT2D eigenvalue weighted by Crippen LogP contribution is -2.12. The summed E-state index contributed by atoms with van der Waals surface area (Å²) in [6.45, 7) is 0.255. The summed E-state index contributed by atoms with van der Waals surface area (Å²) in [5.74, 6) is -1.31. The number of non-ortho nitro benzene ring substituents is 1. The molecule has 2 N–H and O–H groups in total. The summed E-state index contributed by atoms with van der Waals surface area (Å²) < 4.78 is 21.9. The van der Waals surface area contributed by atoms with Gasteiger partial charge in [-0.2, -0.15) is 0 Å². The average molecular weight is 302 g/mol. The van der Waals surface area contributed by atoms with Crippen LogP contribution in [0.3, 0.4) is 0 Å². The maximum absolute atomic E-state index is 11.0. The van der Waals surface area contributed by atoms with Gasteiger partial charge in [0.15, 0.2) is 0 Å². The topological polar surface area (TPSA) is 127 Å². The molecule has 0 spiro atoms. The first-order chi connectivity index (χ1) is 9.20. The van der Waals surface area contributed by atoms with E-state index in [9.17, 15) is 23.3 Å². The fourth-order valence-corrected chi connectivity index (χ4v) is 2.20. The molecule has 1 aromatic rings. The molecule has 0 aliphatic heterocycles. The van der Waals surface area contributed by atoms with E-state index in [1.165, 1.54) is 12.1 Å². The van der Waals surface area contributed by atoms with Crippen molar-refractivity contribution >= 4 is 27.2 Å². The third kappa shape index (κ3) is 4.84. The summed E-state index contributed by atoms with van der Waals surface area (Å²) in [7, 11) is -3.07. The summed E-state index contributed by atoms with van der Waals surface area (Å²) in [4.78, 5) is 20.9. The van der Waals surface area contributed by atoms with Gasteiger partial charge in [0.1, 0.15) is 9.84 Å². The largest absolute Gasteiger partial charge is 0.478 e. The lowest BCUT2D eigenvalue weighted by Gasteiger charge is -2.09. The Bertz CT molecular complexity index is 626. The molecule has 0 aromatic heterocycles. The quantitative estimate of drug-likeness (QED) is 0.439. The molecule has 0 aliphatic carbocycles. The van der Waals surface area contributed by atoms with E-state index in [1.807, 2.05) is 0 Å². The predicted octanol–water partition coefficient (Wildman–Crippen LogP) is 1.14. The van der Waals surface area contributed by atoms with Gasteiger partial charge in [-0.15, -0.1) is 0 Å². The van der Waals surface area contributed by atoms with Crippen LogP contribution >= 0.6 is 0 Å². The van der Waals surface area contributed by atoms with Gasteiger partial charge in [0, 0.05) is 30.6 Å². The molecule has 0 atom stereocenters. The van der Waals surface area contributed by atoms with E-state index in [-0.39, 0.29) is 29.2 Å². The second kappa shape index (κ2) is 6.33. The molecule has 0 amide bonds. The van der Waals surface area contributed by atoms with Crippen LogP contribution in [0.1, 0.15) is 16.8 Å². The Kier molecular flexibility index (Phi) is 5.03. The number of aromatic carboxylic acids is 1. The first kappa shape index (κ1) is 15.9. The number of carbonyl (C=O) groups is 1. The third-order valence-corrected chi connectivity index (χ3v) is 3.48. The number of carboxylic acids is 1. The van der Waals surface area contributed by atoms with E-state index >= 15 is 0 Å². The van der Waals surface area contributed by atoms with Gasteiger partial charge < -0.3 is 10.4 Å². The SMILES string of the molecule is CS(=O)(=O)CCCNc1ccc([N+](=O)[O-])cc1C(=O)O. The standard InChI is InChI=1S/C11H14N2O6S/c1-20(18,19)6-2-5-12-10-4-3-8(13(16)17)7-9(10)11(14)15/h3-4,7,12H,2,5-6H2,1H3,(H,14,15). The van der Waals surface area contributed by atoms with Crippen molar-refractivity contribution in [1.29, 1.82) is 0 Å². The number of anilines is 1. The minimum Gasteiger partial charge on any atom is -0.478 e. The maximum Gasteiger partial charge on any atom is 0.338 e. The van der Waals surface area contributed by atoms with Crippen molar-refractivity contribution in [1.82, 2.24) is 0 Å². The zero-order chi connectivity index (χ0) is 15.3. The molecule has 0 bridgehead atoms. The van der Waals surface area contributed by atoms with E-state index in [0.29, 0.717) is 6.42 Å². The van der Waals surface area contributed by atoms with Crippen LogP contribution in [0.15, 0.2) is 18.2 Å². The number of carboxylic acid groups (broad SMARTS) is 1. The van der Waals surface area contributed by atoms with Gasteiger partial charge in [-0.25, -0.2) is 13.2 Å².